The zero-order valence-corrected chi connectivity index (χ0v) is 18.3. The molecule has 1 aliphatic rings. The number of hydrogen-bond acceptors (Lipinski definition) is 5. The standard InChI is InChI=1S/C24H29N5O3/c1-32-15-7-14-29-21-19(23(31)28-12-3-2-4-13-28)10-6-11-20(21)26-24(29)27-22(30)17-8-5-9-18(25)16-17/h5-6,8-11,16H,2-4,7,12-15,25H2,1H3,(H,26,27,30). The predicted octanol–water partition coefficient (Wildman–Crippen LogP) is 3.53. The van der Waals surface area contributed by atoms with Crippen LogP contribution in [0.2, 0.25) is 0 Å². The second-order valence-corrected chi connectivity index (χ2v) is 8.04. The number of benzene rings is 2. The molecule has 32 heavy (non-hydrogen) atoms. The van der Waals surface area contributed by atoms with Crippen LogP contribution in [0.5, 0.6) is 0 Å². The summed E-state index contributed by atoms with van der Waals surface area (Å²) in [6.07, 6.45) is 3.92. The first-order chi connectivity index (χ1) is 15.6. The number of nitrogens with one attached hydrogen (secondary N) is 1. The van der Waals surface area contributed by atoms with Crippen LogP contribution in [0.1, 0.15) is 46.4 Å². The number of nitrogens with two attached hydrogens (primary N) is 1. The highest BCUT2D eigenvalue weighted by Gasteiger charge is 2.24. The summed E-state index contributed by atoms with van der Waals surface area (Å²) in [6, 6.07) is 12.3. The number of aromatic nitrogens is 2. The minimum atomic E-state index is -0.301. The number of methoxy groups -OCH3 is 1. The predicted molar refractivity (Wildman–Crippen MR) is 125 cm³/mol. The molecule has 1 fully saturated rings. The van der Waals surface area contributed by atoms with Crippen molar-refractivity contribution in [2.75, 3.05) is 37.9 Å². The lowest BCUT2D eigenvalue weighted by Gasteiger charge is -2.27. The number of piperidine rings is 1. The van der Waals surface area contributed by atoms with Crippen LogP contribution < -0.4 is 11.1 Å². The number of fused-ring (bicyclic) bond motifs is 1. The smallest absolute Gasteiger partial charge is 0.258 e. The molecule has 3 aromatic rings. The Bertz CT molecular complexity index is 1120. The van der Waals surface area contributed by atoms with Crippen LogP contribution in [0.15, 0.2) is 42.5 Å². The minimum absolute atomic E-state index is 0.0110. The van der Waals surface area contributed by atoms with Gasteiger partial charge in [-0.2, -0.15) is 0 Å². The number of imidazole rings is 1. The first kappa shape index (κ1) is 21.8. The van der Waals surface area contributed by atoms with Crippen LogP contribution in [-0.2, 0) is 11.3 Å². The van der Waals surface area contributed by atoms with Gasteiger partial charge < -0.3 is 19.9 Å². The second-order valence-electron chi connectivity index (χ2n) is 8.04. The molecular weight excluding hydrogens is 406 g/mol. The van der Waals surface area contributed by atoms with Crippen molar-refractivity contribution in [3.8, 4) is 0 Å². The maximum Gasteiger partial charge on any atom is 0.258 e. The molecule has 1 aromatic heterocycles. The highest BCUT2D eigenvalue weighted by Crippen LogP contribution is 2.26. The molecule has 2 amide bonds. The number of amides is 2. The van der Waals surface area contributed by atoms with Crippen LogP contribution in [-0.4, -0.2) is 53.1 Å². The summed E-state index contributed by atoms with van der Waals surface area (Å²) in [5.74, 6) is 0.115. The Balaban J connectivity index is 1.72. The maximum atomic E-state index is 13.3. The lowest BCUT2D eigenvalue weighted by atomic mass is 10.1. The van der Waals surface area contributed by atoms with Gasteiger partial charge in [0, 0.05) is 44.6 Å². The van der Waals surface area contributed by atoms with Crippen molar-refractivity contribution in [3.63, 3.8) is 0 Å². The molecule has 1 saturated heterocycles. The van der Waals surface area contributed by atoms with Crippen LogP contribution in [0, 0.1) is 0 Å². The molecule has 8 heteroatoms. The summed E-state index contributed by atoms with van der Waals surface area (Å²) in [5, 5.41) is 2.91. The van der Waals surface area contributed by atoms with Crippen molar-refractivity contribution in [2.24, 2.45) is 0 Å². The largest absolute Gasteiger partial charge is 0.399 e. The van der Waals surface area contributed by atoms with E-state index in [9.17, 15) is 9.59 Å². The Morgan fingerprint density at radius 2 is 1.91 bits per heavy atom. The maximum absolute atomic E-state index is 13.3. The third-order valence-corrected chi connectivity index (χ3v) is 5.74. The van der Waals surface area contributed by atoms with Crippen molar-refractivity contribution in [1.29, 1.82) is 0 Å². The van der Waals surface area contributed by atoms with Crippen LogP contribution in [0.25, 0.3) is 11.0 Å². The Labute approximate surface area is 187 Å². The highest BCUT2D eigenvalue weighted by atomic mass is 16.5. The zero-order valence-electron chi connectivity index (χ0n) is 18.3. The molecular formula is C24H29N5O3. The van der Waals surface area contributed by atoms with E-state index in [1.807, 2.05) is 27.7 Å². The monoisotopic (exact) mass is 435 g/mol. The van der Waals surface area contributed by atoms with Crippen LogP contribution in [0.4, 0.5) is 11.6 Å². The summed E-state index contributed by atoms with van der Waals surface area (Å²) >= 11 is 0. The van der Waals surface area contributed by atoms with Gasteiger partial charge in [-0.15, -0.1) is 0 Å². The lowest BCUT2D eigenvalue weighted by Crippen LogP contribution is -2.35. The zero-order chi connectivity index (χ0) is 22.5. The highest BCUT2D eigenvalue weighted by molar-refractivity contribution is 6.08. The Morgan fingerprint density at radius 3 is 2.66 bits per heavy atom. The molecule has 0 unspecified atom stereocenters. The first-order valence-corrected chi connectivity index (χ1v) is 11.0. The normalized spacial score (nSPS) is 14.0. The van der Waals surface area contributed by atoms with Crippen molar-refractivity contribution in [1.82, 2.24) is 14.5 Å². The molecule has 2 heterocycles. The van der Waals surface area contributed by atoms with E-state index in [4.69, 9.17) is 10.5 Å². The van der Waals surface area contributed by atoms with Gasteiger partial charge in [0.25, 0.3) is 11.8 Å². The van der Waals surface area contributed by atoms with E-state index >= 15 is 0 Å². The molecule has 0 bridgehead atoms. The second kappa shape index (κ2) is 9.82. The van der Waals surface area contributed by atoms with Gasteiger partial charge in [0.15, 0.2) is 0 Å². The van der Waals surface area contributed by atoms with Gasteiger partial charge >= 0.3 is 0 Å². The average Bonchev–Trinajstić information content (AvgIpc) is 3.16. The molecule has 0 aliphatic carbocycles. The Kier molecular flexibility index (Phi) is 6.70. The number of hydrogen-bond donors (Lipinski definition) is 2. The topological polar surface area (TPSA) is 102 Å². The fraction of sp³-hybridized carbons (Fsp3) is 0.375. The van der Waals surface area contributed by atoms with Crippen LogP contribution >= 0.6 is 0 Å². The number of rotatable bonds is 7. The molecule has 1 aliphatic heterocycles. The summed E-state index contributed by atoms with van der Waals surface area (Å²) < 4.78 is 7.13. The third kappa shape index (κ3) is 4.60. The van der Waals surface area contributed by atoms with E-state index in [0.29, 0.717) is 41.4 Å². The number of likely N-dealkylation sites (tertiary alicyclic amines) is 1. The first-order valence-electron chi connectivity index (χ1n) is 11.0. The van der Waals surface area contributed by atoms with E-state index in [1.165, 1.54) is 0 Å². The van der Waals surface area contributed by atoms with E-state index in [1.54, 1.807) is 31.4 Å². The number of ether oxygens (including phenoxy) is 1. The van der Waals surface area contributed by atoms with Gasteiger partial charge in [0.1, 0.15) is 0 Å². The summed E-state index contributed by atoms with van der Waals surface area (Å²) in [4.78, 5) is 32.8. The third-order valence-electron chi connectivity index (χ3n) is 5.74. The van der Waals surface area contributed by atoms with Crippen LogP contribution in [0.3, 0.4) is 0 Å². The number of nitrogen functional groups attached to an aromatic ring is 1. The summed E-state index contributed by atoms with van der Waals surface area (Å²) in [6.45, 7) is 2.66. The summed E-state index contributed by atoms with van der Waals surface area (Å²) in [7, 11) is 1.65. The molecule has 2 aromatic carbocycles. The molecule has 3 N–H and O–H groups in total. The summed E-state index contributed by atoms with van der Waals surface area (Å²) in [5.41, 5.74) is 8.82. The van der Waals surface area contributed by atoms with Gasteiger partial charge in [0.05, 0.1) is 16.6 Å². The minimum Gasteiger partial charge on any atom is -0.399 e. The SMILES string of the molecule is COCCCn1c(NC(=O)c2cccc(N)c2)nc2cccc(C(=O)N3CCCCC3)c21. The fourth-order valence-electron chi connectivity index (χ4n) is 4.16. The van der Waals surface area contributed by atoms with Gasteiger partial charge in [-0.3, -0.25) is 14.9 Å². The molecule has 0 saturated carbocycles. The van der Waals surface area contributed by atoms with Crippen molar-refractivity contribution in [2.45, 2.75) is 32.2 Å². The van der Waals surface area contributed by atoms with Gasteiger partial charge in [-0.25, -0.2) is 4.98 Å². The molecule has 0 atom stereocenters. The van der Waals surface area contributed by atoms with Crippen molar-refractivity contribution >= 4 is 34.5 Å². The van der Waals surface area contributed by atoms with Crippen molar-refractivity contribution in [3.05, 3.63) is 53.6 Å². The molecule has 8 nitrogen and oxygen atoms in total. The van der Waals surface area contributed by atoms with E-state index in [2.05, 4.69) is 10.3 Å². The number of carbonyl (C=O) groups is 2. The van der Waals surface area contributed by atoms with Gasteiger partial charge in [0.2, 0.25) is 5.95 Å². The number of nitrogens with zero attached hydrogens (tertiary/aromatic N) is 3. The number of aryl methyl sites for hydroxylation is 1. The molecule has 4 rings (SSSR count). The van der Waals surface area contributed by atoms with E-state index in [0.717, 1.165) is 44.3 Å². The van der Waals surface area contributed by atoms with Gasteiger partial charge in [-0.05, 0) is 56.0 Å². The fourth-order valence-corrected chi connectivity index (χ4v) is 4.16. The Morgan fingerprint density at radius 1 is 1.12 bits per heavy atom. The quantitative estimate of drug-likeness (QED) is 0.437. The molecule has 168 valence electrons. The van der Waals surface area contributed by atoms with Gasteiger partial charge in [-0.1, -0.05) is 12.1 Å². The number of carbonyl (C=O) groups excluding carboxylic acids is 2. The van der Waals surface area contributed by atoms with E-state index in [-0.39, 0.29) is 11.8 Å². The average molecular weight is 436 g/mol. The Hall–Kier alpha value is -3.39. The number of para-hydroxylation sites is 1. The lowest BCUT2D eigenvalue weighted by molar-refractivity contribution is 0.0725. The number of anilines is 2. The molecule has 0 radical (unpaired) electrons. The molecule has 0 spiro atoms. The van der Waals surface area contributed by atoms with E-state index < -0.39 is 0 Å². The van der Waals surface area contributed by atoms with Crippen molar-refractivity contribution < 1.29 is 14.3 Å².